The molecule has 5 rings (SSSR count). The van der Waals surface area contributed by atoms with Crippen LogP contribution in [-0.4, -0.2) is 0 Å². The molecule has 1 aliphatic heterocycles. The molecule has 3 aromatic carbocycles. The first-order chi connectivity index (χ1) is 13.9. The van der Waals surface area contributed by atoms with Crippen molar-refractivity contribution in [2.45, 2.75) is 32.6 Å². The Hall–Kier alpha value is -3.01. The van der Waals surface area contributed by atoms with E-state index in [2.05, 4.69) is 36.9 Å². The van der Waals surface area contributed by atoms with E-state index in [1.165, 1.54) is 34.4 Å². The summed E-state index contributed by atoms with van der Waals surface area (Å²) in [6, 6.07) is 20.3. The average molecular weight is 391 g/mol. The number of fused-ring (bicyclic) bond motifs is 5. The van der Waals surface area contributed by atoms with E-state index in [0.29, 0.717) is 5.56 Å². The topological polar surface area (TPSA) is 3.24 Å². The van der Waals surface area contributed by atoms with Crippen LogP contribution in [0.15, 0.2) is 66.7 Å². The van der Waals surface area contributed by atoms with Crippen molar-refractivity contribution in [3.8, 4) is 0 Å². The van der Waals surface area contributed by atoms with Gasteiger partial charge in [-0.05, 0) is 59.9 Å². The van der Waals surface area contributed by atoms with E-state index in [4.69, 9.17) is 0 Å². The molecule has 0 saturated carbocycles. The molecule has 0 fully saturated rings. The molecule has 0 amide bonds. The van der Waals surface area contributed by atoms with E-state index in [1.807, 2.05) is 24.3 Å². The Morgan fingerprint density at radius 2 is 1.59 bits per heavy atom. The Morgan fingerprint density at radius 3 is 2.38 bits per heavy atom. The van der Waals surface area contributed by atoms with Crippen LogP contribution in [0.25, 0.3) is 11.1 Å². The van der Waals surface area contributed by atoms with Gasteiger partial charge in [0.2, 0.25) is 0 Å². The number of halogens is 3. The summed E-state index contributed by atoms with van der Waals surface area (Å²) in [5.41, 5.74) is 7.81. The average Bonchev–Trinajstić information content (AvgIpc) is 3.15. The highest BCUT2D eigenvalue weighted by Crippen LogP contribution is 2.57. The van der Waals surface area contributed by atoms with E-state index in [9.17, 15) is 13.2 Å². The van der Waals surface area contributed by atoms with Gasteiger partial charge in [-0.2, -0.15) is 13.2 Å². The highest BCUT2D eigenvalue weighted by molar-refractivity contribution is 6.06. The molecule has 29 heavy (non-hydrogen) atoms. The van der Waals surface area contributed by atoms with Crippen molar-refractivity contribution in [3.05, 3.63) is 100 Å². The molecule has 1 nitrogen and oxygen atoms in total. The maximum absolute atomic E-state index is 13.6. The summed E-state index contributed by atoms with van der Waals surface area (Å²) in [6.45, 7) is 4.38. The van der Waals surface area contributed by atoms with Crippen molar-refractivity contribution in [1.82, 2.24) is 0 Å². The number of alkyl halides is 3. The molecule has 2 aliphatic rings. The summed E-state index contributed by atoms with van der Waals surface area (Å²) >= 11 is 0. The van der Waals surface area contributed by atoms with Crippen molar-refractivity contribution < 1.29 is 13.2 Å². The molecule has 0 spiro atoms. The van der Waals surface area contributed by atoms with Crippen LogP contribution in [0.3, 0.4) is 0 Å². The van der Waals surface area contributed by atoms with E-state index >= 15 is 0 Å². The number of nitrogens with zero attached hydrogens (tertiary/aromatic N) is 1. The predicted molar refractivity (Wildman–Crippen MR) is 110 cm³/mol. The summed E-state index contributed by atoms with van der Waals surface area (Å²) in [5.74, 6) is 0. The minimum Gasteiger partial charge on any atom is -0.355 e. The van der Waals surface area contributed by atoms with Crippen molar-refractivity contribution in [3.63, 3.8) is 0 Å². The molecule has 4 heteroatoms. The Kier molecular flexibility index (Phi) is 3.89. The molecule has 0 radical (unpaired) electrons. The molecular formula is C25H20F3N. The highest BCUT2D eigenvalue weighted by atomic mass is 19.4. The molecule has 146 valence electrons. The van der Waals surface area contributed by atoms with Gasteiger partial charge >= 0.3 is 6.18 Å². The van der Waals surface area contributed by atoms with Gasteiger partial charge in [0.25, 0.3) is 0 Å². The lowest BCUT2D eigenvalue weighted by atomic mass is 9.99. The minimum absolute atomic E-state index is 0.0516. The second-order valence-corrected chi connectivity index (χ2v) is 7.83. The number of hydrogen-bond donors (Lipinski definition) is 0. The lowest BCUT2D eigenvalue weighted by Crippen LogP contribution is -2.25. The van der Waals surface area contributed by atoms with Gasteiger partial charge in [-0.15, -0.1) is 0 Å². The number of rotatable bonds is 2. The van der Waals surface area contributed by atoms with Crippen LogP contribution in [0.1, 0.15) is 46.3 Å². The predicted octanol–water partition coefficient (Wildman–Crippen LogP) is 7.02. The molecule has 1 unspecified atom stereocenters. The Morgan fingerprint density at radius 1 is 0.862 bits per heavy atom. The lowest BCUT2D eigenvalue weighted by Gasteiger charge is -2.28. The van der Waals surface area contributed by atoms with Crippen LogP contribution >= 0.6 is 0 Å². The van der Waals surface area contributed by atoms with Crippen LogP contribution in [-0.2, 0) is 12.7 Å². The summed E-state index contributed by atoms with van der Waals surface area (Å²) < 4.78 is 40.8. The maximum atomic E-state index is 13.6. The van der Waals surface area contributed by atoms with E-state index in [1.54, 1.807) is 12.1 Å². The Labute approximate surface area is 168 Å². The standard InChI is InChI=1S/C25H20F3N/c1-15-11-12-22-20(13-15)23-16(2)18-8-4-5-9-19(18)24(23)29(22)14-17-7-3-6-10-21(17)25(26,27)28/h3-13,24H,14H2,1-2H3. The van der Waals surface area contributed by atoms with Gasteiger partial charge in [0.15, 0.2) is 0 Å². The van der Waals surface area contributed by atoms with Crippen molar-refractivity contribution in [2.75, 3.05) is 4.90 Å². The molecule has 3 aromatic rings. The first-order valence-corrected chi connectivity index (χ1v) is 9.69. The first-order valence-electron chi connectivity index (χ1n) is 9.69. The molecule has 0 N–H and O–H groups in total. The zero-order valence-electron chi connectivity index (χ0n) is 16.2. The first kappa shape index (κ1) is 18.0. The molecule has 1 heterocycles. The third-order valence-electron chi connectivity index (χ3n) is 6.06. The molecule has 1 aliphatic carbocycles. The number of aryl methyl sites for hydroxylation is 1. The van der Waals surface area contributed by atoms with Crippen LogP contribution in [0.5, 0.6) is 0 Å². The van der Waals surface area contributed by atoms with Crippen molar-refractivity contribution >= 4 is 16.8 Å². The monoisotopic (exact) mass is 391 g/mol. The summed E-state index contributed by atoms with van der Waals surface area (Å²) in [6.07, 6.45) is -4.37. The Balaban J connectivity index is 1.69. The number of allylic oxidation sites excluding steroid dienone is 1. The van der Waals surface area contributed by atoms with Crippen LogP contribution < -0.4 is 4.90 Å². The third-order valence-corrected chi connectivity index (χ3v) is 6.06. The van der Waals surface area contributed by atoms with Crippen LogP contribution in [0, 0.1) is 6.92 Å². The molecule has 0 aromatic heterocycles. The second kappa shape index (κ2) is 6.24. The molecular weight excluding hydrogens is 371 g/mol. The zero-order chi connectivity index (χ0) is 20.3. The normalized spacial score (nSPS) is 17.4. The third kappa shape index (κ3) is 2.70. The smallest absolute Gasteiger partial charge is 0.355 e. The van der Waals surface area contributed by atoms with Crippen LogP contribution in [0.4, 0.5) is 18.9 Å². The van der Waals surface area contributed by atoms with Crippen molar-refractivity contribution in [2.24, 2.45) is 0 Å². The quantitative estimate of drug-likeness (QED) is 0.454. The molecule has 0 bridgehead atoms. The fraction of sp³-hybridized carbons (Fsp3) is 0.200. The van der Waals surface area contributed by atoms with Gasteiger partial charge in [-0.1, -0.05) is 54.1 Å². The summed E-state index contributed by atoms with van der Waals surface area (Å²) in [7, 11) is 0. The molecule has 1 atom stereocenters. The minimum atomic E-state index is -4.37. The second-order valence-electron chi connectivity index (χ2n) is 7.83. The molecule has 0 saturated heterocycles. The van der Waals surface area contributed by atoms with E-state index in [-0.39, 0.29) is 12.6 Å². The fourth-order valence-corrected chi connectivity index (χ4v) is 4.81. The maximum Gasteiger partial charge on any atom is 0.416 e. The van der Waals surface area contributed by atoms with Gasteiger partial charge in [-0.3, -0.25) is 0 Å². The summed E-state index contributed by atoms with van der Waals surface area (Å²) in [5, 5.41) is 0. The van der Waals surface area contributed by atoms with Crippen molar-refractivity contribution in [1.29, 1.82) is 0 Å². The van der Waals surface area contributed by atoms with E-state index < -0.39 is 11.7 Å². The number of benzene rings is 3. The van der Waals surface area contributed by atoms with E-state index in [0.717, 1.165) is 16.8 Å². The highest BCUT2D eigenvalue weighted by Gasteiger charge is 2.42. The number of hydrogen-bond acceptors (Lipinski definition) is 1. The lowest BCUT2D eigenvalue weighted by molar-refractivity contribution is -0.138. The van der Waals surface area contributed by atoms with Gasteiger partial charge in [0.05, 0.1) is 11.6 Å². The summed E-state index contributed by atoms with van der Waals surface area (Å²) in [4.78, 5) is 2.13. The van der Waals surface area contributed by atoms with Gasteiger partial charge in [-0.25, -0.2) is 0 Å². The fourth-order valence-electron chi connectivity index (χ4n) is 4.81. The number of anilines is 1. The van der Waals surface area contributed by atoms with Gasteiger partial charge in [0, 0.05) is 17.8 Å². The Bertz CT molecular complexity index is 1160. The zero-order valence-corrected chi connectivity index (χ0v) is 16.2. The SMILES string of the molecule is CC1=C2c3cc(C)ccc3N(Cc3ccccc3C(F)(F)F)C2c2ccccc21. The van der Waals surface area contributed by atoms with Gasteiger partial charge in [0.1, 0.15) is 0 Å². The van der Waals surface area contributed by atoms with Gasteiger partial charge < -0.3 is 4.90 Å². The largest absolute Gasteiger partial charge is 0.416 e. The van der Waals surface area contributed by atoms with Crippen LogP contribution in [0.2, 0.25) is 0 Å².